The standard InChI is InChI=1S/C22H20ClN3/c23-20-14-8-7-11-18(20)15-24-22-25-21(17-9-3-1-4-10-17)16-26(22)19-12-5-2-6-13-19/h1-14,21H,15-16H2,(H,24,25). The highest BCUT2D eigenvalue weighted by Crippen LogP contribution is 2.26. The Balaban J connectivity index is 1.63. The van der Waals surface area contributed by atoms with E-state index in [9.17, 15) is 0 Å². The summed E-state index contributed by atoms with van der Waals surface area (Å²) in [4.78, 5) is 7.07. The lowest BCUT2D eigenvalue weighted by molar-refractivity contribution is 0.720. The number of rotatable bonds is 4. The van der Waals surface area contributed by atoms with Gasteiger partial charge in [0, 0.05) is 10.7 Å². The number of halogens is 1. The third kappa shape index (κ3) is 3.58. The Morgan fingerprint density at radius 3 is 2.27 bits per heavy atom. The van der Waals surface area contributed by atoms with Gasteiger partial charge in [-0.15, -0.1) is 0 Å². The zero-order chi connectivity index (χ0) is 17.8. The van der Waals surface area contributed by atoms with Gasteiger partial charge in [0.05, 0.1) is 19.1 Å². The summed E-state index contributed by atoms with van der Waals surface area (Å²) in [7, 11) is 0. The molecule has 1 saturated heterocycles. The van der Waals surface area contributed by atoms with E-state index in [0.29, 0.717) is 6.54 Å². The molecule has 0 bridgehead atoms. The molecule has 3 aromatic carbocycles. The van der Waals surface area contributed by atoms with Crippen LogP contribution < -0.4 is 10.2 Å². The van der Waals surface area contributed by atoms with Crippen molar-refractivity contribution in [2.75, 3.05) is 11.4 Å². The van der Waals surface area contributed by atoms with Crippen molar-refractivity contribution in [2.45, 2.75) is 12.6 Å². The Labute approximate surface area is 159 Å². The first kappa shape index (κ1) is 16.7. The lowest BCUT2D eigenvalue weighted by Crippen LogP contribution is -2.30. The van der Waals surface area contributed by atoms with Crippen molar-refractivity contribution in [1.29, 1.82) is 0 Å². The predicted molar refractivity (Wildman–Crippen MR) is 109 cm³/mol. The number of anilines is 1. The molecule has 0 aliphatic carbocycles. The molecule has 1 atom stereocenters. The van der Waals surface area contributed by atoms with Crippen LogP contribution in [0.5, 0.6) is 0 Å². The molecule has 1 N–H and O–H groups in total. The lowest BCUT2D eigenvalue weighted by Gasteiger charge is -2.17. The topological polar surface area (TPSA) is 27.6 Å². The molecule has 1 unspecified atom stereocenters. The fraction of sp³-hybridized carbons (Fsp3) is 0.136. The summed E-state index contributed by atoms with van der Waals surface area (Å²) in [5.41, 5.74) is 3.42. The Morgan fingerprint density at radius 2 is 1.54 bits per heavy atom. The summed E-state index contributed by atoms with van der Waals surface area (Å²) < 4.78 is 0. The number of benzene rings is 3. The first-order valence-corrected chi connectivity index (χ1v) is 9.11. The van der Waals surface area contributed by atoms with Crippen LogP contribution in [0, 0.1) is 0 Å². The summed E-state index contributed by atoms with van der Waals surface area (Å²) in [5.74, 6) is 0.880. The van der Waals surface area contributed by atoms with Gasteiger partial charge in [0.15, 0.2) is 5.96 Å². The highest BCUT2D eigenvalue weighted by molar-refractivity contribution is 6.31. The third-order valence-corrected chi connectivity index (χ3v) is 4.92. The Morgan fingerprint density at radius 1 is 0.885 bits per heavy atom. The fourth-order valence-electron chi connectivity index (χ4n) is 3.18. The molecule has 0 amide bonds. The van der Waals surface area contributed by atoms with Crippen LogP contribution in [0.15, 0.2) is 89.9 Å². The molecular weight excluding hydrogens is 342 g/mol. The van der Waals surface area contributed by atoms with Crippen molar-refractivity contribution in [3.63, 3.8) is 0 Å². The molecule has 3 nitrogen and oxygen atoms in total. The van der Waals surface area contributed by atoms with Crippen LogP contribution in [-0.4, -0.2) is 12.5 Å². The van der Waals surface area contributed by atoms with E-state index < -0.39 is 0 Å². The van der Waals surface area contributed by atoms with Gasteiger partial charge >= 0.3 is 0 Å². The van der Waals surface area contributed by atoms with E-state index in [2.05, 4.69) is 58.7 Å². The van der Waals surface area contributed by atoms with Crippen LogP contribution in [0.2, 0.25) is 5.02 Å². The van der Waals surface area contributed by atoms with Gasteiger partial charge in [0.2, 0.25) is 0 Å². The van der Waals surface area contributed by atoms with Crippen LogP contribution >= 0.6 is 11.6 Å². The number of para-hydroxylation sites is 1. The number of nitrogens with zero attached hydrogens (tertiary/aromatic N) is 2. The van der Waals surface area contributed by atoms with Gasteiger partial charge in [-0.2, -0.15) is 0 Å². The highest BCUT2D eigenvalue weighted by atomic mass is 35.5. The normalized spacial score (nSPS) is 18.1. The summed E-state index contributed by atoms with van der Waals surface area (Å²) in [5, 5.41) is 4.33. The zero-order valence-corrected chi connectivity index (χ0v) is 15.1. The highest BCUT2D eigenvalue weighted by Gasteiger charge is 2.29. The van der Waals surface area contributed by atoms with Gasteiger partial charge in [-0.1, -0.05) is 78.3 Å². The largest absolute Gasteiger partial charge is 0.347 e. The molecule has 1 aliphatic rings. The van der Waals surface area contributed by atoms with Crippen LogP contribution in [0.3, 0.4) is 0 Å². The minimum atomic E-state index is 0.210. The first-order chi connectivity index (χ1) is 12.8. The summed E-state index contributed by atoms with van der Waals surface area (Å²) in [6.07, 6.45) is 0. The van der Waals surface area contributed by atoms with Gasteiger partial charge in [0.1, 0.15) is 0 Å². The molecule has 3 aromatic rings. The average Bonchev–Trinajstić information content (AvgIpc) is 3.13. The molecular formula is C22H20ClN3. The predicted octanol–water partition coefficient (Wildman–Crippen LogP) is 5.05. The van der Waals surface area contributed by atoms with Crippen LogP contribution in [0.25, 0.3) is 0 Å². The van der Waals surface area contributed by atoms with Gasteiger partial charge < -0.3 is 10.2 Å². The summed E-state index contributed by atoms with van der Waals surface area (Å²) in [6, 6.07) is 28.9. The van der Waals surface area contributed by atoms with E-state index in [4.69, 9.17) is 16.6 Å². The number of nitrogens with one attached hydrogen (secondary N) is 1. The van der Waals surface area contributed by atoms with E-state index in [-0.39, 0.29) is 6.04 Å². The van der Waals surface area contributed by atoms with Crippen LogP contribution in [0.4, 0.5) is 5.69 Å². The second-order valence-electron chi connectivity index (χ2n) is 6.29. The molecule has 0 aromatic heterocycles. The molecule has 1 heterocycles. The van der Waals surface area contributed by atoms with Crippen LogP contribution in [-0.2, 0) is 6.54 Å². The number of hydrogen-bond acceptors (Lipinski definition) is 1. The second-order valence-corrected chi connectivity index (χ2v) is 6.69. The smallest absolute Gasteiger partial charge is 0.199 e. The SMILES string of the molecule is Clc1ccccc1CN=C1NC(c2ccccc2)CN1c1ccccc1. The lowest BCUT2D eigenvalue weighted by atomic mass is 10.1. The van der Waals surface area contributed by atoms with Gasteiger partial charge in [-0.05, 0) is 29.3 Å². The van der Waals surface area contributed by atoms with Gasteiger partial charge in [-0.3, -0.25) is 0 Å². The third-order valence-electron chi connectivity index (χ3n) is 4.55. The molecule has 1 fully saturated rings. The maximum Gasteiger partial charge on any atom is 0.199 e. The fourth-order valence-corrected chi connectivity index (χ4v) is 3.37. The quantitative estimate of drug-likeness (QED) is 0.704. The number of guanidine groups is 1. The molecule has 1 aliphatic heterocycles. The maximum atomic E-state index is 6.28. The summed E-state index contributed by atoms with van der Waals surface area (Å²) in [6.45, 7) is 1.39. The van der Waals surface area contributed by atoms with Gasteiger partial charge in [-0.25, -0.2) is 4.99 Å². The van der Waals surface area contributed by atoms with Crippen molar-refractivity contribution in [3.05, 3.63) is 101 Å². The maximum absolute atomic E-state index is 6.28. The molecule has 4 rings (SSSR count). The number of aliphatic imine (C=N–C) groups is 1. The molecule has 130 valence electrons. The summed E-state index contributed by atoms with van der Waals surface area (Å²) >= 11 is 6.28. The second kappa shape index (κ2) is 7.63. The Hall–Kier alpha value is -2.78. The Bertz CT molecular complexity index is 894. The molecule has 0 radical (unpaired) electrons. The van der Waals surface area contributed by atoms with Crippen LogP contribution in [0.1, 0.15) is 17.2 Å². The van der Waals surface area contributed by atoms with E-state index in [1.807, 2.05) is 36.4 Å². The van der Waals surface area contributed by atoms with Crippen molar-refractivity contribution in [3.8, 4) is 0 Å². The van der Waals surface area contributed by atoms with E-state index in [0.717, 1.165) is 28.8 Å². The van der Waals surface area contributed by atoms with Crippen molar-refractivity contribution < 1.29 is 0 Å². The zero-order valence-electron chi connectivity index (χ0n) is 14.3. The first-order valence-electron chi connectivity index (χ1n) is 8.73. The minimum Gasteiger partial charge on any atom is -0.347 e. The van der Waals surface area contributed by atoms with Crippen molar-refractivity contribution in [2.24, 2.45) is 4.99 Å². The molecule has 0 spiro atoms. The molecule has 26 heavy (non-hydrogen) atoms. The van der Waals surface area contributed by atoms with Gasteiger partial charge in [0.25, 0.3) is 0 Å². The van der Waals surface area contributed by atoms with E-state index >= 15 is 0 Å². The molecule has 0 saturated carbocycles. The van der Waals surface area contributed by atoms with Crippen molar-refractivity contribution in [1.82, 2.24) is 5.32 Å². The Kier molecular flexibility index (Phi) is 4.89. The number of hydrogen-bond donors (Lipinski definition) is 1. The molecule has 4 heteroatoms. The van der Waals surface area contributed by atoms with Crippen molar-refractivity contribution >= 4 is 23.2 Å². The average molecular weight is 362 g/mol. The van der Waals surface area contributed by atoms with E-state index in [1.165, 1.54) is 5.56 Å². The van der Waals surface area contributed by atoms with E-state index in [1.54, 1.807) is 0 Å². The monoisotopic (exact) mass is 361 g/mol. The minimum absolute atomic E-state index is 0.210.